The van der Waals surface area contributed by atoms with E-state index in [1.807, 2.05) is 13.8 Å². The fourth-order valence-corrected chi connectivity index (χ4v) is 3.17. The van der Waals surface area contributed by atoms with Gasteiger partial charge in [0.2, 0.25) is 0 Å². The second-order valence-electron chi connectivity index (χ2n) is 6.56. The molecule has 0 spiro atoms. The molecule has 1 fully saturated rings. The van der Waals surface area contributed by atoms with Gasteiger partial charge in [0, 0.05) is 10.6 Å². The van der Waals surface area contributed by atoms with Gasteiger partial charge in [-0.15, -0.1) is 0 Å². The van der Waals surface area contributed by atoms with Gasteiger partial charge in [0.15, 0.2) is 6.10 Å². The number of nitrogens with one attached hydrogen (secondary N) is 1. The van der Waals surface area contributed by atoms with Gasteiger partial charge in [-0.2, -0.15) is 0 Å². The van der Waals surface area contributed by atoms with Crippen LogP contribution in [0.3, 0.4) is 0 Å². The molecular formula is C20H24Cl2FNO2. The minimum Gasteiger partial charge on any atom is -0.479 e. The van der Waals surface area contributed by atoms with Gasteiger partial charge in [-0.3, -0.25) is 4.79 Å². The molecule has 1 aromatic carbocycles. The summed E-state index contributed by atoms with van der Waals surface area (Å²) in [7, 11) is 0. The molecule has 2 atom stereocenters. The smallest absolute Gasteiger partial charge is 0.261 e. The van der Waals surface area contributed by atoms with E-state index in [9.17, 15) is 9.18 Å². The maximum atomic E-state index is 13.3. The molecule has 0 bridgehead atoms. The molecule has 1 amide bonds. The molecule has 1 aliphatic rings. The lowest BCUT2D eigenvalue weighted by molar-refractivity contribution is -0.129. The van der Waals surface area contributed by atoms with Gasteiger partial charge in [0.05, 0.1) is 5.02 Å². The number of benzene rings is 1. The highest BCUT2D eigenvalue weighted by Gasteiger charge is 2.48. The third-order valence-corrected chi connectivity index (χ3v) is 5.21. The predicted molar refractivity (Wildman–Crippen MR) is 104 cm³/mol. The van der Waals surface area contributed by atoms with Crippen LogP contribution in [-0.4, -0.2) is 17.6 Å². The van der Waals surface area contributed by atoms with Gasteiger partial charge in [-0.1, -0.05) is 49.2 Å². The number of allylic oxidation sites excluding steroid dienone is 3. The van der Waals surface area contributed by atoms with E-state index in [0.29, 0.717) is 22.2 Å². The van der Waals surface area contributed by atoms with E-state index in [2.05, 4.69) is 5.32 Å². The first-order valence-corrected chi connectivity index (χ1v) is 9.50. The summed E-state index contributed by atoms with van der Waals surface area (Å²) in [5, 5.41) is 3.95. The molecule has 6 heteroatoms. The molecule has 2 rings (SSSR count). The topological polar surface area (TPSA) is 38.3 Å². The van der Waals surface area contributed by atoms with E-state index in [-0.39, 0.29) is 23.2 Å². The molecule has 1 N–H and O–H groups in total. The van der Waals surface area contributed by atoms with Gasteiger partial charge in [0.1, 0.15) is 11.6 Å². The number of carbonyl (C=O) groups is 1. The van der Waals surface area contributed by atoms with Crippen LogP contribution in [0.15, 0.2) is 42.3 Å². The molecule has 0 radical (unpaired) electrons. The van der Waals surface area contributed by atoms with Crippen molar-refractivity contribution in [3.05, 3.63) is 52.3 Å². The molecule has 0 aromatic heterocycles. The van der Waals surface area contributed by atoms with Crippen LogP contribution in [0.4, 0.5) is 4.39 Å². The molecule has 3 nitrogen and oxygen atoms in total. The monoisotopic (exact) mass is 399 g/mol. The van der Waals surface area contributed by atoms with Crippen molar-refractivity contribution < 1.29 is 13.9 Å². The van der Waals surface area contributed by atoms with Crippen molar-refractivity contribution in [2.75, 3.05) is 0 Å². The van der Waals surface area contributed by atoms with Crippen molar-refractivity contribution in [1.82, 2.24) is 5.32 Å². The molecule has 0 heterocycles. The van der Waals surface area contributed by atoms with Crippen LogP contribution in [0.25, 0.3) is 0 Å². The molecule has 1 aromatic rings. The van der Waals surface area contributed by atoms with Crippen molar-refractivity contribution in [3.8, 4) is 5.75 Å². The van der Waals surface area contributed by atoms with Crippen LogP contribution >= 0.6 is 23.2 Å². The molecular weight excluding hydrogens is 376 g/mol. The second-order valence-corrected chi connectivity index (χ2v) is 7.40. The first-order chi connectivity index (χ1) is 12.3. The van der Waals surface area contributed by atoms with E-state index in [0.717, 1.165) is 12.8 Å². The number of hydrogen-bond donors (Lipinski definition) is 1. The number of hydrogen-bond acceptors (Lipinski definition) is 2. The van der Waals surface area contributed by atoms with Crippen molar-refractivity contribution in [3.63, 3.8) is 0 Å². The molecule has 26 heavy (non-hydrogen) atoms. The molecule has 1 unspecified atom stereocenters. The van der Waals surface area contributed by atoms with Gasteiger partial charge >= 0.3 is 0 Å². The molecule has 1 saturated carbocycles. The molecule has 0 aliphatic heterocycles. The van der Waals surface area contributed by atoms with E-state index in [1.165, 1.54) is 12.2 Å². The van der Waals surface area contributed by atoms with Crippen LogP contribution in [0.5, 0.6) is 5.75 Å². The number of halogens is 3. The molecule has 0 saturated heterocycles. The van der Waals surface area contributed by atoms with Crippen molar-refractivity contribution in [2.24, 2.45) is 5.92 Å². The summed E-state index contributed by atoms with van der Waals surface area (Å²) in [4.78, 5) is 12.7. The number of carbonyl (C=O) groups excluding carboxylic acids is 1. The van der Waals surface area contributed by atoms with Gasteiger partial charge in [-0.05, 0) is 56.4 Å². The average Bonchev–Trinajstić information content (AvgIpc) is 3.39. The van der Waals surface area contributed by atoms with Crippen LogP contribution in [-0.2, 0) is 4.79 Å². The van der Waals surface area contributed by atoms with Crippen LogP contribution in [0.2, 0.25) is 10.0 Å². The van der Waals surface area contributed by atoms with Crippen LogP contribution in [0.1, 0.15) is 40.0 Å². The lowest BCUT2D eigenvalue weighted by Crippen LogP contribution is -2.47. The third-order valence-electron chi connectivity index (χ3n) is 4.68. The van der Waals surface area contributed by atoms with E-state index >= 15 is 0 Å². The summed E-state index contributed by atoms with van der Waals surface area (Å²) < 4.78 is 19.1. The standard InChI is InChI=1S/C20H24Cl2FNO2/c1-4-15(23)8-6-13(3)20(10-11-20)24-19(25)17(5-2)26-18-9-7-14(21)12-16(18)22/h4,6-9,12-13,17H,5,10-11H2,1-3H3,(H,24,25)/b8-6-,15-4+/t13-,17?/m0/s1. The Kier molecular flexibility index (Phi) is 7.13. The summed E-state index contributed by atoms with van der Waals surface area (Å²) in [5.74, 6) is -0.0336. The Morgan fingerprint density at radius 1 is 1.42 bits per heavy atom. The van der Waals surface area contributed by atoms with Gasteiger partial charge in [-0.25, -0.2) is 4.39 Å². The number of ether oxygens (including phenoxy) is 1. The van der Waals surface area contributed by atoms with Crippen molar-refractivity contribution in [2.45, 2.75) is 51.7 Å². The van der Waals surface area contributed by atoms with Gasteiger partial charge in [0.25, 0.3) is 5.91 Å². The zero-order chi connectivity index (χ0) is 19.3. The summed E-state index contributed by atoms with van der Waals surface area (Å²) in [6, 6.07) is 4.89. The number of amides is 1. The number of rotatable bonds is 8. The third kappa shape index (κ3) is 5.24. The highest BCUT2D eigenvalue weighted by Crippen LogP contribution is 2.43. The Hall–Kier alpha value is -1.52. The normalized spacial score (nSPS) is 18.5. The van der Waals surface area contributed by atoms with E-state index in [1.54, 1.807) is 31.2 Å². The highest BCUT2D eigenvalue weighted by atomic mass is 35.5. The fourth-order valence-electron chi connectivity index (χ4n) is 2.72. The first kappa shape index (κ1) is 20.8. The SMILES string of the molecule is C/C=C(F)\C=C/[C@H](C)C1(NC(=O)C(CC)Oc2ccc(Cl)cc2Cl)CC1. The second kappa shape index (κ2) is 8.92. The fraction of sp³-hybridized carbons (Fsp3) is 0.450. The summed E-state index contributed by atoms with van der Waals surface area (Å²) in [6.07, 6.45) is 6.20. The average molecular weight is 400 g/mol. The lowest BCUT2D eigenvalue weighted by atomic mass is 9.98. The minimum atomic E-state index is -0.658. The molecule has 1 aliphatic carbocycles. The Morgan fingerprint density at radius 2 is 2.12 bits per heavy atom. The largest absolute Gasteiger partial charge is 0.479 e. The summed E-state index contributed by atoms with van der Waals surface area (Å²) in [6.45, 7) is 5.49. The summed E-state index contributed by atoms with van der Waals surface area (Å²) >= 11 is 12.0. The Morgan fingerprint density at radius 3 is 2.65 bits per heavy atom. The van der Waals surface area contributed by atoms with Crippen molar-refractivity contribution in [1.29, 1.82) is 0 Å². The highest BCUT2D eigenvalue weighted by molar-refractivity contribution is 6.35. The van der Waals surface area contributed by atoms with Crippen LogP contribution in [0, 0.1) is 5.92 Å². The van der Waals surface area contributed by atoms with Gasteiger partial charge < -0.3 is 10.1 Å². The quantitative estimate of drug-likeness (QED) is 0.555. The zero-order valence-corrected chi connectivity index (χ0v) is 16.7. The maximum Gasteiger partial charge on any atom is 0.261 e. The van der Waals surface area contributed by atoms with Crippen LogP contribution < -0.4 is 10.1 Å². The molecule has 142 valence electrons. The maximum absolute atomic E-state index is 13.3. The zero-order valence-electron chi connectivity index (χ0n) is 15.2. The summed E-state index contributed by atoms with van der Waals surface area (Å²) in [5.41, 5.74) is -0.331. The Labute approximate surface area is 164 Å². The Bertz CT molecular complexity index is 714. The van der Waals surface area contributed by atoms with E-state index < -0.39 is 6.10 Å². The van der Waals surface area contributed by atoms with E-state index in [4.69, 9.17) is 27.9 Å². The first-order valence-electron chi connectivity index (χ1n) is 8.75. The van der Waals surface area contributed by atoms with Crippen molar-refractivity contribution >= 4 is 29.1 Å². The minimum absolute atomic E-state index is 0.0220. The Balaban J connectivity index is 2.03. The predicted octanol–water partition coefficient (Wildman–Crippen LogP) is 5.87. The lowest BCUT2D eigenvalue weighted by Gasteiger charge is -2.26.